The molecule has 0 spiro atoms. The summed E-state index contributed by atoms with van der Waals surface area (Å²) in [6.45, 7) is 4.33. The molecule has 0 heterocycles. The van der Waals surface area contributed by atoms with Crippen molar-refractivity contribution >= 4 is 59.3 Å². The Balaban J connectivity index is 1.56. The van der Waals surface area contributed by atoms with Gasteiger partial charge in [0.25, 0.3) is 0 Å². The van der Waals surface area contributed by atoms with Gasteiger partial charge in [-0.15, -0.1) is 0 Å². The molecule has 0 saturated carbocycles. The molecule has 0 saturated heterocycles. The van der Waals surface area contributed by atoms with E-state index in [4.69, 9.17) is 10.2 Å². The lowest BCUT2D eigenvalue weighted by Gasteiger charge is -2.26. The minimum atomic E-state index is -4.03. The van der Waals surface area contributed by atoms with Gasteiger partial charge in [0.2, 0.25) is 0 Å². The lowest BCUT2D eigenvalue weighted by Crippen LogP contribution is -2.64. The predicted octanol–water partition coefficient (Wildman–Crippen LogP) is 8.66. The van der Waals surface area contributed by atoms with E-state index in [1.807, 2.05) is 158 Å². The van der Waals surface area contributed by atoms with E-state index in [1.165, 1.54) is 0 Å². The molecule has 0 fully saturated rings. The molecule has 0 aliphatic rings. The average Bonchev–Trinajstić information content (AvgIpc) is 3.19. The van der Waals surface area contributed by atoms with Gasteiger partial charge in [-0.1, -0.05) is 172 Å². The fourth-order valence-corrected chi connectivity index (χ4v) is 13.0. The van der Waals surface area contributed by atoms with Gasteiger partial charge in [-0.3, -0.25) is 8.22 Å². The maximum Gasteiger partial charge on any atom is 0.341 e. The molecule has 50 heavy (non-hydrogen) atoms. The Morgan fingerprint density at radius 2 is 0.720 bits per heavy atom. The van der Waals surface area contributed by atoms with Gasteiger partial charge in [0.15, 0.2) is 0 Å². The maximum atomic E-state index is 18.3. The third-order valence-electron chi connectivity index (χ3n) is 9.45. The van der Waals surface area contributed by atoms with Gasteiger partial charge < -0.3 is 0 Å². The van der Waals surface area contributed by atoms with E-state index in [-0.39, 0.29) is 0 Å². The number of unbranched alkanes of at least 4 members (excludes halogenated alkanes) is 2. The molecule has 6 rings (SSSR count). The summed E-state index contributed by atoms with van der Waals surface area (Å²) in [5.41, 5.74) is 3.09. The van der Waals surface area contributed by atoms with Crippen molar-refractivity contribution in [3.8, 4) is 0 Å². The summed E-state index contributed by atoms with van der Waals surface area (Å²) in [5, 5.41) is 13.4. The number of azo groups is 1. The van der Waals surface area contributed by atoms with Crippen LogP contribution in [0.4, 0.5) is 19.6 Å². The molecule has 6 aromatic rings. The van der Waals surface area contributed by atoms with Gasteiger partial charge in [0.05, 0.1) is 11.4 Å². The van der Waals surface area contributed by atoms with Gasteiger partial charge >= 0.3 is 16.8 Å². The first kappa shape index (κ1) is 35.1. The van der Waals surface area contributed by atoms with Crippen LogP contribution in [0.2, 0.25) is 0 Å². The van der Waals surface area contributed by atoms with Crippen LogP contribution < -0.4 is 31.1 Å². The number of nitrogens with zero attached hydrogens (tertiary/aromatic N) is 2. The Hall–Kier alpha value is -4.79. The second-order valence-electron chi connectivity index (χ2n) is 12.9. The minimum absolute atomic E-state index is 0.471. The summed E-state index contributed by atoms with van der Waals surface area (Å²) in [6, 6.07) is 49.8. The lowest BCUT2D eigenvalue weighted by atomic mass is 10.1. The summed E-state index contributed by atoms with van der Waals surface area (Å²) in [4.78, 5) is 0. The van der Waals surface area contributed by atoms with Crippen molar-refractivity contribution in [3.05, 3.63) is 169 Å². The smallest absolute Gasteiger partial charge is 0.296 e. The monoisotopic (exact) mass is 694 g/mol. The maximum absolute atomic E-state index is 18.3. The van der Waals surface area contributed by atoms with Gasteiger partial charge in [0.1, 0.15) is 0 Å². The third kappa shape index (κ3) is 7.37. The number of hydrogen-bond acceptors (Lipinski definition) is 2. The van der Waals surface area contributed by atoms with E-state index in [9.17, 15) is 0 Å². The van der Waals surface area contributed by atoms with Crippen molar-refractivity contribution in [2.24, 2.45) is 10.2 Å². The van der Waals surface area contributed by atoms with Gasteiger partial charge in [0, 0.05) is 10.4 Å². The second-order valence-corrected chi connectivity index (χ2v) is 18.9. The Labute approximate surface area is 298 Å². The van der Waals surface area contributed by atoms with Crippen LogP contribution in [0.25, 0.3) is 0 Å². The summed E-state index contributed by atoms with van der Waals surface area (Å²) in [6.07, 6.45) is 5.80. The molecule has 0 amide bonds. The van der Waals surface area contributed by atoms with Crippen LogP contribution in [0.1, 0.15) is 50.7 Å². The number of rotatable bonds is 14. The summed E-state index contributed by atoms with van der Waals surface area (Å²) >= 11 is 0. The molecule has 0 radical (unpaired) electrons. The highest BCUT2D eigenvalue weighted by molar-refractivity contribution is 7.08. The van der Waals surface area contributed by atoms with E-state index in [1.54, 1.807) is 0 Å². The van der Waals surface area contributed by atoms with Gasteiger partial charge in [-0.25, -0.2) is 0 Å². The fraction of sp³-hybridized carbons (Fsp3) is 0.182. The number of benzene rings is 6. The molecule has 0 unspecified atom stereocenters. The SMILES string of the molecule is CCCCc1ccc(N=Nc2ccc(CCCC)cc2[Si](F)(c2ccccc2)c2ccccc2)c([Si](F)(c2ccccc2)c2ccccc2)c1. The molecule has 6 aromatic carbocycles. The highest BCUT2D eigenvalue weighted by Gasteiger charge is 2.45. The highest BCUT2D eigenvalue weighted by Crippen LogP contribution is 2.25. The highest BCUT2D eigenvalue weighted by atomic mass is 28.4. The largest absolute Gasteiger partial charge is 0.341 e. The zero-order valence-electron chi connectivity index (χ0n) is 28.9. The van der Waals surface area contributed by atoms with Crippen molar-refractivity contribution in [2.75, 3.05) is 0 Å². The van der Waals surface area contributed by atoms with Crippen LogP contribution >= 0.6 is 0 Å². The molecule has 0 bridgehead atoms. The average molecular weight is 695 g/mol. The normalized spacial score (nSPS) is 12.0. The van der Waals surface area contributed by atoms with Crippen LogP contribution in [0.15, 0.2) is 168 Å². The first-order chi connectivity index (χ1) is 24.5. The fourth-order valence-electron chi connectivity index (χ4n) is 6.70. The van der Waals surface area contributed by atoms with E-state index in [0.29, 0.717) is 42.5 Å². The van der Waals surface area contributed by atoms with Crippen LogP contribution in [-0.4, -0.2) is 16.8 Å². The lowest BCUT2D eigenvalue weighted by molar-refractivity contribution is 0.794. The van der Waals surface area contributed by atoms with E-state index in [2.05, 4.69) is 13.8 Å². The van der Waals surface area contributed by atoms with Crippen molar-refractivity contribution in [2.45, 2.75) is 52.4 Å². The summed E-state index contributed by atoms with van der Waals surface area (Å²) < 4.78 is 36.7. The molecule has 0 aliphatic carbocycles. The minimum Gasteiger partial charge on any atom is -0.296 e. The van der Waals surface area contributed by atoms with Crippen LogP contribution in [0.3, 0.4) is 0 Å². The van der Waals surface area contributed by atoms with Crippen molar-refractivity contribution in [3.63, 3.8) is 0 Å². The summed E-state index contributed by atoms with van der Waals surface area (Å²) in [5.74, 6) is 0. The van der Waals surface area contributed by atoms with Crippen molar-refractivity contribution < 1.29 is 8.22 Å². The number of halogens is 2. The standard InChI is InChI=1S/C44H44F2N2Si2/c1-3-5-19-35-29-31-41(43(33-35)49(45,37-21-11-7-12-22-37)38-23-13-8-14-24-38)47-48-42-32-30-36(20-6-4-2)34-44(42)50(46,39-25-15-9-16-26-39)40-27-17-10-18-28-40/h7-18,21-34H,3-6,19-20H2,1-2H3. The Morgan fingerprint density at radius 3 is 1.00 bits per heavy atom. The quantitative estimate of drug-likeness (QED) is 0.0472. The van der Waals surface area contributed by atoms with E-state index < -0.39 is 16.8 Å². The second kappa shape index (κ2) is 16.3. The zero-order valence-corrected chi connectivity index (χ0v) is 30.9. The Bertz CT molecular complexity index is 1780. The Kier molecular flexibility index (Phi) is 11.4. The first-order valence-electron chi connectivity index (χ1n) is 17.8. The molecular weight excluding hydrogens is 651 g/mol. The molecule has 0 N–H and O–H groups in total. The van der Waals surface area contributed by atoms with Crippen LogP contribution in [0, 0.1) is 0 Å². The predicted molar refractivity (Wildman–Crippen MR) is 212 cm³/mol. The molecule has 0 aliphatic heterocycles. The summed E-state index contributed by atoms with van der Waals surface area (Å²) in [7, 11) is -8.06. The number of hydrogen-bond donors (Lipinski definition) is 0. The van der Waals surface area contributed by atoms with Crippen LogP contribution in [-0.2, 0) is 12.8 Å². The van der Waals surface area contributed by atoms with Gasteiger partial charge in [-0.2, -0.15) is 10.2 Å². The van der Waals surface area contributed by atoms with E-state index >= 15 is 8.22 Å². The van der Waals surface area contributed by atoms with Crippen LogP contribution in [0.5, 0.6) is 0 Å². The molecular formula is C44H44F2N2Si2. The first-order valence-corrected chi connectivity index (χ1v) is 21.5. The van der Waals surface area contributed by atoms with Gasteiger partial charge in [-0.05, 0) is 69.7 Å². The molecule has 6 heteroatoms. The molecule has 0 atom stereocenters. The van der Waals surface area contributed by atoms with Crippen molar-refractivity contribution in [1.29, 1.82) is 0 Å². The molecule has 252 valence electrons. The van der Waals surface area contributed by atoms with Crippen molar-refractivity contribution in [1.82, 2.24) is 0 Å². The Morgan fingerprint density at radius 1 is 0.420 bits per heavy atom. The topological polar surface area (TPSA) is 24.7 Å². The molecule has 0 aromatic heterocycles. The number of aryl methyl sites for hydroxylation is 2. The zero-order chi connectivity index (χ0) is 34.8. The van der Waals surface area contributed by atoms with E-state index in [0.717, 1.165) is 49.7 Å². The molecule has 2 nitrogen and oxygen atoms in total. The third-order valence-corrected chi connectivity index (χ3v) is 16.3.